The minimum Gasteiger partial charge on any atom is -0.354 e. The molecule has 71 heavy (non-hydrogen) atoms. The molecule has 0 unspecified atom stereocenters. The van der Waals surface area contributed by atoms with E-state index in [4.69, 9.17) is 11.6 Å². The number of hydrogen-bond donors (Lipinski definition) is 4. The molecule has 7 amide bonds. The summed E-state index contributed by atoms with van der Waals surface area (Å²) in [5.74, 6) is -5.97. The molecular weight excluding hydrogens is 968 g/mol. The predicted octanol–water partition coefficient (Wildman–Crippen LogP) is 6.04. The Hall–Kier alpha value is -4.85. The van der Waals surface area contributed by atoms with Crippen molar-refractivity contribution in [2.75, 3.05) is 27.2 Å². The van der Waals surface area contributed by atoms with Crippen molar-refractivity contribution in [2.24, 2.45) is 22.7 Å². The second-order valence-electron chi connectivity index (χ2n) is 21.7. The van der Waals surface area contributed by atoms with Crippen LogP contribution in [0.1, 0.15) is 115 Å². The van der Waals surface area contributed by atoms with Gasteiger partial charge in [0, 0.05) is 44.7 Å². The first-order valence-corrected chi connectivity index (χ1v) is 25.9. The maximum atomic E-state index is 15.1. The number of benzene rings is 1. The van der Waals surface area contributed by atoms with Crippen molar-refractivity contribution >= 4 is 64.3 Å². The van der Waals surface area contributed by atoms with Gasteiger partial charge in [-0.2, -0.15) is 13.2 Å². The number of likely N-dealkylation sites (N-methyl/N-ethyl adjacent to an activating group) is 2. The number of alkyl halides is 4. The number of rotatable bonds is 11. The zero-order chi connectivity index (χ0) is 52.0. The summed E-state index contributed by atoms with van der Waals surface area (Å²) in [6.07, 6.45) is -2.59. The largest absolute Gasteiger partial charge is 0.403 e. The number of thiazole rings is 1. The molecule has 5 fully saturated rings. The van der Waals surface area contributed by atoms with Gasteiger partial charge in [0.2, 0.25) is 41.4 Å². The van der Waals surface area contributed by atoms with Gasteiger partial charge in [-0.05, 0) is 125 Å². The fourth-order valence-corrected chi connectivity index (χ4v) is 12.0. The van der Waals surface area contributed by atoms with Crippen molar-refractivity contribution in [2.45, 2.75) is 166 Å². The number of aryl methyl sites for hydroxylation is 1. The van der Waals surface area contributed by atoms with Crippen LogP contribution in [0.25, 0.3) is 10.4 Å². The molecule has 0 radical (unpaired) electrons. The lowest BCUT2D eigenvalue weighted by Gasteiger charge is -2.60. The minimum absolute atomic E-state index is 0.0439. The van der Waals surface area contributed by atoms with Crippen LogP contribution in [0.3, 0.4) is 0 Å². The van der Waals surface area contributed by atoms with Gasteiger partial charge in [0.25, 0.3) is 0 Å². The lowest BCUT2D eigenvalue weighted by molar-refractivity contribution is -0.285. The van der Waals surface area contributed by atoms with Crippen LogP contribution < -0.4 is 21.3 Å². The predicted molar refractivity (Wildman–Crippen MR) is 258 cm³/mol. The monoisotopic (exact) mass is 1030 g/mol. The van der Waals surface area contributed by atoms with Crippen LogP contribution in [0.5, 0.6) is 0 Å². The summed E-state index contributed by atoms with van der Waals surface area (Å²) in [4.78, 5) is 109. The molecule has 390 valence electrons. The highest BCUT2D eigenvalue weighted by molar-refractivity contribution is 7.15. The Labute approximate surface area is 421 Å². The van der Waals surface area contributed by atoms with E-state index in [1.807, 2.05) is 26.8 Å². The SMILES string of the molecule is Cc1ncc(-c2ccc(Cl)cc2C[C@H]2C(=O)NC(C)(C)C(=O)NCCCC[C@H](N(C)C(=O)[C@@H](NC(=O)[C@@H]3C[C@@H](F)CN3C(=O)C3(C(F)(F)F)CC4(CCC4)C3)C3CC3)C(=O)N[C@@H](CC(C)C)C(=O)N2C)s1. The van der Waals surface area contributed by atoms with Gasteiger partial charge in [0.15, 0.2) is 0 Å². The third-order valence-corrected chi connectivity index (χ3v) is 16.5. The topological polar surface area (TPSA) is 190 Å². The first-order chi connectivity index (χ1) is 33.3. The number of halogens is 5. The number of nitrogens with zero attached hydrogens (tertiary/aromatic N) is 4. The molecule has 2 aliphatic heterocycles. The first kappa shape index (κ1) is 53.9. The third kappa shape index (κ3) is 11.5. The molecule has 3 heterocycles. The number of carbonyl (C=O) groups excluding carboxylic acids is 7. The second kappa shape index (κ2) is 20.9. The van der Waals surface area contributed by atoms with E-state index < -0.39 is 132 Å². The van der Waals surface area contributed by atoms with Gasteiger partial charge in [-0.3, -0.25) is 33.6 Å². The van der Waals surface area contributed by atoms with Crippen LogP contribution >= 0.6 is 22.9 Å². The molecule has 5 aliphatic rings. The number of hydrogen-bond acceptors (Lipinski definition) is 9. The van der Waals surface area contributed by atoms with Crippen LogP contribution in [0, 0.1) is 29.6 Å². The molecule has 1 aromatic heterocycles. The standard InChI is InChI=1S/C50H67ClF4N8O7S/c1-27(2)19-34-43(67)62(7)36(21-30-20-31(51)14-15-33(30)38-23-57-28(3)71-38)42(66)60-47(4,5)45(69)56-18-9-8-11-35(40(64)58-34)61(6)44(68)39(29-12-13-29)59-41(65)37-22-32(52)24-63(37)46(70)49(50(53,54)55)25-48(26-49)16-10-17-48/h14-15,20,23,27,29,32,34-37,39H,8-13,16-19,21-22,24-26H2,1-7H3,(H,56,69)(H,58,64)(H,59,65)(H,60,66)/t32-,34+,35+,36+,37+,39+/m1/s1. The van der Waals surface area contributed by atoms with Gasteiger partial charge in [0.1, 0.15) is 47.3 Å². The van der Waals surface area contributed by atoms with Gasteiger partial charge in [-0.15, -0.1) is 11.3 Å². The summed E-state index contributed by atoms with van der Waals surface area (Å²) < 4.78 is 59.3. The van der Waals surface area contributed by atoms with E-state index in [1.54, 1.807) is 32.2 Å². The van der Waals surface area contributed by atoms with Crippen LogP contribution in [0.4, 0.5) is 17.6 Å². The van der Waals surface area contributed by atoms with E-state index in [2.05, 4.69) is 26.3 Å². The minimum atomic E-state index is -4.91. The van der Waals surface area contributed by atoms with Gasteiger partial charge < -0.3 is 36.0 Å². The van der Waals surface area contributed by atoms with Crippen molar-refractivity contribution in [3.8, 4) is 10.4 Å². The Kier molecular flexibility index (Phi) is 15.9. The van der Waals surface area contributed by atoms with E-state index in [9.17, 15) is 46.7 Å². The average molecular weight is 1040 g/mol. The average Bonchev–Trinajstić information content (AvgIpc) is 3.89. The molecule has 2 saturated heterocycles. The van der Waals surface area contributed by atoms with Crippen molar-refractivity contribution in [1.29, 1.82) is 0 Å². The Morgan fingerprint density at radius 2 is 1.72 bits per heavy atom. The summed E-state index contributed by atoms with van der Waals surface area (Å²) in [6, 6.07) is -1.28. The summed E-state index contributed by atoms with van der Waals surface area (Å²) >= 11 is 7.96. The molecule has 21 heteroatoms. The highest BCUT2D eigenvalue weighted by Gasteiger charge is 2.74. The number of amides is 7. The molecule has 3 aliphatic carbocycles. The fraction of sp³-hybridized carbons (Fsp3) is 0.680. The Morgan fingerprint density at radius 3 is 2.31 bits per heavy atom. The summed E-state index contributed by atoms with van der Waals surface area (Å²) in [6.45, 7) is 8.14. The second-order valence-corrected chi connectivity index (χ2v) is 23.3. The van der Waals surface area contributed by atoms with Crippen molar-refractivity contribution in [3.63, 3.8) is 0 Å². The van der Waals surface area contributed by atoms with Gasteiger partial charge >= 0.3 is 6.18 Å². The Morgan fingerprint density at radius 1 is 1.03 bits per heavy atom. The maximum absolute atomic E-state index is 15.1. The summed E-state index contributed by atoms with van der Waals surface area (Å²) in [5, 5.41) is 12.4. The number of nitrogens with one attached hydrogen (secondary N) is 4. The third-order valence-electron chi connectivity index (χ3n) is 15.3. The number of aromatic nitrogens is 1. The van der Waals surface area contributed by atoms with E-state index in [0.717, 1.165) is 21.9 Å². The lowest BCUT2D eigenvalue weighted by Crippen LogP contribution is -2.66. The molecular formula is C50H67ClF4N8O7S. The van der Waals surface area contributed by atoms with E-state index in [0.29, 0.717) is 54.0 Å². The first-order valence-electron chi connectivity index (χ1n) is 24.7. The number of likely N-dealkylation sites (tertiary alicyclic amines) is 1. The van der Waals surface area contributed by atoms with Crippen LogP contribution in [0.2, 0.25) is 5.02 Å². The quantitative estimate of drug-likeness (QED) is 0.196. The molecule has 3 saturated carbocycles. The Balaban J connectivity index is 1.14. The summed E-state index contributed by atoms with van der Waals surface area (Å²) in [5.41, 5.74) is -3.35. The van der Waals surface area contributed by atoms with Gasteiger partial charge in [-0.1, -0.05) is 37.9 Å². The molecule has 4 N–H and O–H groups in total. The fourth-order valence-electron chi connectivity index (χ4n) is 11.0. The molecule has 1 spiro atoms. The lowest BCUT2D eigenvalue weighted by atomic mass is 9.44. The highest BCUT2D eigenvalue weighted by Crippen LogP contribution is 2.69. The Bertz CT molecular complexity index is 2380. The van der Waals surface area contributed by atoms with Crippen molar-refractivity contribution in [3.05, 3.63) is 40.0 Å². The number of carbonyl (C=O) groups is 7. The zero-order valence-electron chi connectivity index (χ0n) is 41.5. The van der Waals surface area contributed by atoms with Crippen LogP contribution in [0.15, 0.2) is 24.4 Å². The van der Waals surface area contributed by atoms with E-state index in [-0.39, 0.29) is 31.7 Å². The molecule has 15 nitrogen and oxygen atoms in total. The summed E-state index contributed by atoms with van der Waals surface area (Å²) in [7, 11) is 2.84. The van der Waals surface area contributed by atoms with Crippen molar-refractivity contribution in [1.82, 2.24) is 41.0 Å². The van der Waals surface area contributed by atoms with Gasteiger partial charge in [-0.25, -0.2) is 9.37 Å². The van der Waals surface area contributed by atoms with E-state index in [1.165, 1.54) is 35.2 Å². The maximum Gasteiger partial charge on any atom is 0.403 e. The molecule has 7 rings (SSSR count). The van der Waals surface area contributed by atoms with Crippen LogP contribution in [-0.4, -0.2) is 136 Å². The van der Waals surface area contributed by atoms with Crippen LogP contribution in [-0.2, 0) is 40.0 Å². The highest BCUT2D eigenvalue weighted by atomic mass is 35.5. The molecule has 6 atom stereocenters. The molecule has 1 aromatic carbocycles. The molecule has 0 bridgehead atoms. The van der Waals surface area contributed by atoms with E-state index >= 15 is 4.39 Å². The zero-order valence-corrected chi connectivity index (χ0v) is 43.1. The smallest absolute Gasteiger partial charge is 0.354 e. The normalized spacial score (nSPS) is 26.5. The molecule has 2 aromatic rings. The van der Waals surface area contributed by atoms with Crippen molar-refractivity contribution < 1.29 is 51.1 Å². The van der Waals surface area contributed by atoms with Gasteiger partial charge in [0.05, 0.1) is 16.4 Å².